The van der Waals surface area contributed by atoms with E-state index < -0.39 is 12.1 Å². The van der Waals surface area contributed by atoms with Crippen molar-refractivity contribution in [1.82, 2.24) is 0 Å². The third kappa shape index (κ3) is 4.21. The van der Waals surface area contributed by atoms with E-state index in [4.69, 9.17) is 9.47 Å². The Labute approximate surface area is 121 Å². The number of benzene rings is 2. The number of hydrogen-bond acceptors (Lipinski definition) is 3. The highest BCUT2D eigenvalue weighted by molar-refractivity contribution is 5.73. The number of carbonyl (C=O) groups is 1. The summed E-state index contributed by atoms with van der Waals surface area (Å²) >= 11 is 0. The number of rotatable bonds is 6. The number of methoxy groups -OCH3 is 1. The topological polar surface area (TPSA) is 55.8 Å². The van der Waals surface area contributed by atoms with Crippen molar-refractivity contribution in [3.05, 3.63) is 59.9 Å². The zero-order chi connectivity index (χ0) is 15.2. The van der Waals surface area contributed by atoms with Crippen LogP contribution in [0.3, 0.4) is 0 Å². The van der Waals surface area contributed by atoms with Gasteiger partial charge in [0.15, 0.2) is 6.10 Å². The lowest BCUT2D eigenvalue weighted by molar-refractivity contribution is -0.145. The van der Waals surface area contributed by atoms with E-state index in [1.54, 1.807) is 43.5 Å². The lowest BCUT2D eigenvalue weighted by atomic mass is 10.1. The molecule has 0 aromatic heterocycles. The van der Waals surface area contributed by atoms with Crippen LogP contribution in [0.1, 0.15) is 5.56 Å². The molecule has 1 atom stereocenters. The van der Waals surface area contributed by atoms with E-state index in [-0.39, 0.29) is 12.2 Å². The normalized spacial score (nSPS) is 11.7. The van der Waals surface area contributed by atoms with Crippen LogP contribution < -0.4 is 9.47 Å². The van der Waals surface area contributed by atoms with Gasteiger partial charge in [0.25, 0.3) is 0 Å². The summed E-state index contributed by atoms with van der Waals surface area (Å²) in [5.41, 5.74) is 0.692. The van der Waals surface area contributed by atoms with Gasteiger partial charge >= 0.3 is 5.97 Å². The maximum absolute atomic E-state index is 12.8. The summed E-state index contributed by atoms with van der Waals surface area (Å²) in [6, 6.07) is 12.3. The van der Waals surface area contributed by atoms with Gasteiger partial charge in [0.05, 0.1) is 7.11 Å². The molecule has 0 aliphatic carbocycles. The van der Waals surface area contributed by atoms with Crippen LogP contribution in [0.4, 0.5) is 4.39 Å². The number of halogens is 1. The quantitative estimate of drug-likeness (QED) is 0.888. The first kappa shape index (κ1) is 14.8. The average molecular weight is 290 g/mol. The molecule has 0 fully saturated rings. The van der Waals surface area contributed by atoms with Crippen molar-refractivity contribution in [1.29, 1.82) is 0 Å². The molecule has 0 heterocycles. The highest BCUT2D eigenvalue weighted by Crippen LogP contribution is 2.19. The van der Waals surface area contributed by atoms with Crippen molar-refractivity contribution in [3.8, 4) is 11.5 Å². The molecule has 2 rings (SSSR count). The number of hydrogen-bond donors (Lipinski definition) is 1. The molecule has 0 saturated heterocycles. The third-order valence-electron chi connectivity index (χ3n) is 2.95. The smallest absolute Gasteiger partial charge is 0.345 e. The molecule has 1 N–H and O–H groups in total. The molecule has 5 heteroatoms. The predicted octanol–water partition coefficient (Wildman–Crippen LogP) is 2.91. The van der Waals surface area contributed by atoms with Crippen LogP contribution in [0.25, 0.3) is 0 Å². The number of aliphatic carboxylic acids is 1. The standard InChI is InChI=1S/C16H15FO4/c1-20-13-6-8-14(9-7-13)21-15(16(18)19)10-11-2-4-12(17)5-3-11/h2-9,15H,10H2,1H3,(H,18,19). The largest absolute Gasteiger partial charge is 0.497 e. The molecule has 21 heavy (non-hydrogen) atoms. The molecular formula is C16H15FO4. The van der Waals surface area contributed by atoms with Crippen LogP contribution in [0.2, 0.25) is 0 Å². The van der Waals surface area contributed by atoms with E-state index in [1.807, 2.05) is 0 Å². The minimum absolute atomic E-state index is 0.154. The molecule has 110 valence electrons. The van der Waals surface area contributed by atoms with E-state index >= 15 is 0 Å². The fourth-order valence-electron chi connectivity index (χ4n) is 1.83. The molecule has 0 aliphatic rings. The molecule has 1 unspecified atom stereocenters. The molecule has 0 radical (unpaired) electrons. The van der Waals surface area contributed by atoms with E-state index in [0.717, 1.165) is 0 Å². The molecule has 0 bridgehead atoms. The van der Waals surface area contributed by atoms with E-state index in [2.05, 4.69) is 0 Å². The second kappa shape index (κ2) is 6.74. The minimum Gasteiger partial charge on any atom is -0.497 e. The molecule has 0 amide bonds. The minimum atomic E-state index is -1.07. The highest BCUT2D eigenvalue weighted by Gasteiger charge is 2.20. The van der Waals surface area contributed by atoms with Crippen LogP contribution in [-0.2, 0) is 11.2 Å². The van der Waals surface area contributed by atoms with Gasteiger partial charge in [0, 0.05) is 6.42 Å². The summed E-state index contributed by atoms with van der Waals surface area (Å²) < 4.78 is 23.3. The van der Waals surface area contributed by atoms with Gasteiger partial charge < -0.3 is 14.6 Å². The number of carboxylic acids is 1. The summed E-state index contributed by atoms with van der Waals surface area (Å²) in [6.07, 6.45) is -0.884. The fraction of sp³-hybridized carbons (Fsp3) is 0.188. The lowest BCUT2D eigenvalue weighted by Gasteiger charge is -2.15. The van der Waals surface area contributed by atoms with Gasteiger partial charge in [-0.1, -0.05) is 12.1 Å². The predicted molar refractivity (Wildman–Crippen MR) is 75.1 cm³/mol. The SMILES string of the molecule is COc1ccc(OC(Cc2ccc(F)cc2)C(=O)O)cc1. The second-order valence-electron chi connectivity index (χ2n) is 4.45. The molecule has 2 aromatic rings. The van der Waals surface area contributed by atoms with Gasteiger partial charge in [-0.2, -0.15) is 0 Å². The Morgan fingerprint density at radius 2 is 1.67 bits per heavy atom. The second-order valence-corrected chi connectivity index (χ2v) is 4.45. The Bertz CT molecular complexity index is 593. The molecule has 4 nitrogen and oxygen atoms in total. The summed E-state index contributed by atoms with van der Waals surface area (Å²) in [6.45, 7) is 0. The van der Waals surface area contributed by atoms with Crippen molar-refractivity contribution in [2.24, 2.45) is 0 Å². The number of ether oxygens (including phenoxy) is 2. The Kier molecular flexibility index (Phi) is 4.77. The van der Waals surface area contributed by atoms with Crippen LogP contribution >= 0.6 is 0 Å². The van der Waals surface area contributed by atoms with Crippen LogP contribution in [-0.4, -0.2) is 24.3 Å². The average Bonchev–Trinajstić information content (AvgIpc) is 2.49. The van der Waals surface area contributed by atoms with Crippen LogP contribution in [0.15, 0.2) is 48.5 Å². The summed E-state index contributed by atoms with van der Waals surface area (Å²) in [5, 5.41) is 9.23. The summed E-state index contributed by atoms with van der Waals surface area (Å²) in [5.74, 6) is -0.338. The van der Waals surface area contributed by atoms with Gasteiger partial charge in [-0.05, 0) is 42.0 Å². The van der Waals surface area contributed by atoms with Crippen LogP contribution in [0, 0.1) is 5.82 Å². The van der Waals surface area contributed by atoms with Gasteiger partial charge in [-0.25, -0.2) is 9.18 Å². The van der Waals surface area contributed by atoms with Crippen molar-refractivity contribution in [3.63, 3.8) is 0 Å². The van der Waals surface area contributed by atoms with Gasteiger partial charge in [0.2, 0.25) is 0 Å². The first-order valence-electron chi connectivity index (χ1n) is 6.36. The fourth-order valence-corrected chi connectivity index (χ4v) is 1.83. The van der Waals surface area contributed by atoms with Gasteiger partial charge in [-0.15, -0.1) is 0 Å². The van der Waals surface area contributed by atoms with E-state index in [1.165, 1.54) is 12.1 Å². The van der Waals surface area contributed by atoms with Crippen molar-refractivity contribution >= 4 is 5.97 Å². The summed E-state index contributed by atoms with van der Waals surface area (Å²) in [7, 11) is 1.55. The Hall–Kier alpha value is -2.56. The molecule has 0 spiro atoms. The summed E-state index contributed by atoms with van der Waals surface area (Å²) in [4.78, 5) is 11.3. The zero-order valence-corrected chi connectivity index (χ0v) is 11.5. The zero-order valence-electron chi connectivity index (χ0n) is 11.5. The Balaban J connectivity index is 2.07. The van der Waals surface area contributed by atoms with E-state index in [0.29, 0.717) is 17.1 Å². The van der Waals surface area contributed by atoms with Gasteiger partial charge in [-0.3, -0.25) is 0 Å². The first-order valence-corrected chi connectivity index (χ1v) is 6.36. The lowest BCUT2D eigenvalue weighted by Crippen LogP contribution is -2.29. The van der Waals surface area contributed by atoms with E-state index in [9.17, 15) is 14.3 Å². The van der Waals surface area contributed by atoms with Gasteiger partial charge in [0.1, 0.15) is 17.3 Å². The molecule has 0 saturated carbocycles. The van der Waals surface area contributed by atoms with Crippen molar-refractivity contribution in [2.75, 3.05) is 7.11 Å². The van der Waals surface area contributed by atoms with Crippen LogP contribution in [0.5, 0.6) is 11.5 Å². The molecular weight excluding hydrogens is 275 g/mol. The maximum Gasteiger partial charge on any atom is 0.345 e. The first-order chi connectivity index (χ1) is 10.1. The monoisotopic (exact) mass is 290 g/mol. The third-order valence-corrected chi connectivity index (χ3v) is 2.95. The Morgan fingerprint density at radius 1 is 1.10 bits per heavy atom. The maximum atomic E-state index is 12.8. The molecule has 0 aliphatic heterocycles. The van der Waals surface area contributed by atoms with Crippen molar-refractivity contribution in [2.45, 2.75) is 12.5 Å². The molecule has 2 aromatic carbocycles. The Morgan fingerprint density at radius 3 is 2.19 bits per heavy atom. The number of carboxylic acid groups (broad SMARTS) is 1. The highest BCUT2D eigenvalue weighted by atomic mass is 19.1. The van der Waals surface area contributed by atoms with Crippen molar-refractivity contribution < 1.29 is 23.8 Å².